The maximum Gasteiger partial charge on any atom is 0.218 e. The molecular formula is C16H21N3O3. The normalized spacial score (nSPS) is 19.4. The van der Waals surface area contributed by atoms with Crippen LogP contribution in [0.15, 0.2) is 35.2 Å². The first kappa shape index (κ1) is 14.8. The Bertz CT molecular complexity index is 588. The van der Waals surface area contributed by atoms with Crippen molar-refractivity contribution in [1.29, 1.82) is 0 Å². The lowest BCUT2D eigenvalue weighted by Gasteiger charge is -2.27. The highest BCUT2D eigenvalue weighted by molar-refractivity contribution is 5.43. The zero-order valence-corrected chi connectivity index (χ0v) is 12.7. The van der Waals surface area contributed by atoms with Crippen molar-refractivity contribution >= 4 is 5.82 Å². The Labute approximate surface area is 129 Å². The fourth-order valence-electron chi connectivity index (χ4n) is 2.95. The van der Waals surface area contributed by atoms with Gasteiger partial charge in [-0.25, -0.2) is 9.97 Å². The van der Waals surface area contributed by atoms with Crippen LogP contribution in [0.4, 0.5) is 5.82 Å². The topological polar surface area (TPSA) is 71.6 Å². The van der Waals surface area contributed by atoms with Crippen molar-refractivity contribution in [1.82, 2.24) is 9.97 Å². The molecule has 1 saturated heterocycles. The summed E-state index contributed by atoms with van der Waals surface area (Å²) in [5.41, 5.74) is 0. The number of furan rings is 1. The van der Waals surface area contributed by atoms with E-state index in [-0.39, 0.29) is 6.04 Å². The van der Waals surface area contributed by atoms with E-state index >= 15 is 0 Å². The average molecular weight is 303 g/mol. The molecule has 1 fully saturated rings. The van der Waals surface area contributed by atoms with Gasteiger partial charge in [-0.2, -0.15) is 0 Å². The molecule has 3 heterocycles. The van der Waals surface area contributed by atoms with Crippen molar-refractivity contribution in [2.75, 3.05) is 18.1 Å². The molecule has 1 aliphatic heterocycles. The second-order valence-electron chi connectivity index (χ2n) is 5.40. The standard InChI is InChI=1S/C16H21N3O3/c1-2-21-16-10-15(17-11-18-16)19-7-3-5-12(19)9-13(20)14-6-4-8-22-14/h4,6,8,10-13,20H,2-3,5,7,9H2,1H3. The van der Waals surface area contributed by atoms with Gasteiger partial charge < -0.3 is 19.2 Å². The van der Waals surface area contributed by atoms with Crippen molar-refractivity contribution in [2.24, 2.45) is 0 Å². The molecule has 0 amide bonds. The van der Waals surface area contributed by atoms with Crippen LogP contribution in [0, 0.1) is 0 Å². The minimum atomic E-state index is -0.589. The highest BCUT2D eigenvalue weighted by Crippen LogP contribution is 2.31. The molecule has 118 valence electrons. The largest absolute Gasteiger partial charge is 0.478 e. The second kappa shape index (κ2) is 6.79. The van der Waals surface area contributed by atoms with Gasteiger partial charge in [0.05, 0.1) is 12.9 Å². The van der Waals surface area contributed by atoms with Crippen LogP contribution in [0.1, 0.15) is 38.1 Å². The van der Waals surface area contributed by atoms with Crippen LogP contribution < -0.4 is 9.64 Å². The number of nitrogens with zero attached hydrogens (tertiary/aromatic N) is 3. The van der Waals surface area contributed by atoms with Gasteiger partial charge in [0.1, 0.15) is 24.0 Å². The molecular weight excluding hydrogens is 282 g/mol. The number of hydrogen-bond donors (Lipinski definition) is 1. The number of hydrogen-bond acceptors (Lipinski definition) is 6. The van der Waals surface area contributed by atoms with Gasteiger partial charge in [0.2, 0.25) is 5.88 Å². The minimum Gasteiger partial charge on any atom is -0.478 e. The fraction of sp³-hybridized carbons (Fsp3) is 0.500. The van der Waals surface area contributed by atoms with Crippen LogP contribution in [0.5, 0.6) is 5.88 Å². The Balaban J connectivity index is 1.71. The number of ether oxygens (including phenoxy) is 1. The molecule has 0 aliphatic carbocycles. The van der Waals surface area contributed by atoms with E-state index in [4.69, 9.17) is 9.15 Å². The molecule has 6 nitrogen and oxygen atoms in total. The summed E-state index contributed by atoms with van der Waals surface area (Å²) in [6, 6.07) is 5.71. The SMILES string of the molecule is CCOc1cc(N2CCCC2CC(O)c2ccco2)ncn1. The van der Waals surface area contributed by atoms with Crippen LogP contribution in [0.3, 0.4) is 0 Å². The monoisotopic (exact) mass is 303 g/mol. The summed E-state index contributed by atoms with van der Waals surface area (Å²) in [5, 5.41) is 10.3. The zero-order valence-electron chi connectivity index (χ0n) is 12.7. The van der Waals surface area contributed by atoms with Crippen molar-refractivity contribution in [2.45, 2.75) is 38.3 Å². The third kappa shape index (κ3) is 3.22. The predicted octanol–water partition coefficient (Wildman–Crippen LogP) is 2.56. The van der Waals surface area contributed by atoms with Crippen molar-refractivity contribution in [3.05, 3.63) is 36.5 Å². The Morgan fingerprint density at radius 3 is 3.18 bits per heavy atom. The molecule has 22 heavy (non-hydrogen) atoms. The number of rotatable bonds is 6. The number of aliphatic hydroxyl groups excluding tert-OH is 1. The van der Waals surface area contributed by atoms with E-state index in [1.54, 1.807) is 12.3 Å². The van der Waals surface area contributed by atoms with E-state index in [1.165, 1.54) is 6.33 Å². The number of aromatic nitrogens is 2. The Morgan fingerprint density at radius 2 is 2.41 bits per heavy atom. The molecule has 0 bridgehead atoms. The molecule has 3 rings (SSSR count). The zero-order chi connectivity index (χ0) is 15.4. The van der Waals surface area contributed by atoms with Crippen molar-refractivity contribution in [3.63, 3.8) is 0 Å². The lowest BCUT2D eigenvalue weighted by Crippen LogP contribution is -2.31. The average Bonchev–Trinajstić information content (AvgIpc) is 3.19. The quantitative estimate of drug-likeness (QED) is 0.884. The molecule has 2 aromatic heterocycles. The molecule has 1 N–H and O–H groups in total. The van der Waals surface area contributed by atoms with Gasteiger partial charge >= 0.3 is 0 Å². The van der Waals surface area contributed by atoms with Gasteiger partial charge in [0.15, 0.2) is 0 Å². The molecule has 2 atom stereocenters. The van der Waals surface area contributed by atoms with E-state index in [2.05, 4.69) is 14.9 Å². The van der Waals surface area contributed by atoms with E-state index in [0.29, 0.717) is 24.7 Å². The fourth-order valence-corrected chi connectivity index (χ4v) is 2.95. The summed E-state index contributed by atoms with van der Waals surface area (Å²) in [6.07, 6.45) is 5.27. The van der Waals surface area contributed by atoms with E-state index in [9.17, 15) is 5.11 Å². The Hall–Kier alpha value is -2.08. The van der Waals surface area contributed by atoms with E-state index in [0.717, 1.165) is 25.2 Å². The smallest absolute Gasteiger partial charge is 0.218 e. The Kier molecular flexibility index (Phi) is 4.58. The van der Waals surface area contributed by atoms with Gasteiger partial charge in [-0.1, -0.05) is 0 Å². The molecule has 0 spiro atoms. The summed E-state index contributed by atoms with van der Waals surface area (Å²) >= 11 is 0. The molecule has 0 aromatic carbocycles. The summed E-state index contributed by atoms with van der Waals surface area (Å²) < 4.78 is 10.7. The minimum absolute atomic E-state index is 0.240. The van der Waals surface area contributed by atoms with Crippen LogP contribution in [-0.4, -0.2) is 34.3 Å². The van der Waals surface area contributed by atoms with Crippen molar-refractivity contribution in [3.8, 4) is 5.88 Å². The molecule has 0 radical (unpaired) electrons. The van der Waals surface area contributed by atoms with E-state index < -0.39 is 6.10 Å². The third-order valence-corrected chi connectivity index (χ3v) is 3.96. The van der Waals surface area contributed by atoms with Crippen LogP contribution in [0.25, 0.3) is 0 Å². The second-order valence-corrected chi connectivity index (χ2v) is 5.40. The first-order chi connectivity index (χ1) is 10.8. The first-order valence-electron chi connectivity index (χ1n) is 7.71. The number of aliphatic hydroxyl groups is 1. The summed E-state index contributed by atoms with van der Waals surface area (Å²) in [4.78, 5) is 10.7. The third-order valence-electron chi connectivity index (χ3n) is 3.96. The summed E-state index contributed by atoms with van der Waals surface area (Å²) in [7, 11) is 0. The lowest BCUT2D eigenvalue weighted by molar-refractivity contribution is 0.132. The van der Waals surface area contributed by atoms with Crippen molar-refractivity contribution < 1.29 is 14.3 Å². The van der Waals surface area contributed by atoms with E-state index in [1.807, 2.05) is 19.1 Å². The van der Waals surface area contributed by atoms with Gasteiger partial charge in [-0.05, 0) is 31.9 Å². The van der Waals surface area contributed by atoms with Crippen LogP contribution in [0.2, 0.25) is 0 Å². The molecule has 1 aliphatic rings. The highest BCUT2D eigenvalue weighted by Gasteiger charge is 2.29. The number of anilines is 1. The van der Waals surface area contributed by atoms with Crippen LogP contribution in [-0.2, 0) is 0 Å². The summed E-state index contributed by atoms with van der Waals surface area (Å²) in [6.45, 7) is 3.44. The van der Waals surface area contributed by atoms with Gasteiger partial charge in [-0.15, -0.1) is 0 Å². The highest BCUT2D eigenvalue weighted by atomic mass is 16.5. The molecule has 6 heteroatoms. The van der Waals surface area contributed by atoms with Gasteiger partial charge in [0, 0.05) is 25.1 Å². The summed E-state index contributed by atoms with van der Waals surface area (Å²) in [5.74, 6) is 2.06. The molecule has 2 unspecified atom stereocenters. The molecule has 2 aromatic rings. The predicted molar refractivity (Wildman–Crippen MR) is 81.9 cm³/mol. The lowest BCUT2D eigenvalue weighted by atomic mass is 10.1. The first-order valence-corrected chi connectivity index (χ1v) is 7.71. The van der Waals surface area contributed by atoms with Gasteiger partial charge in [-0.3, -0.25) is 0 Å². The maximum atomic E-state index is 10.3. The molecule has 0 saturated carbocycles. The van der Waals surface area contributed by atoms with Gasteiger partial charge in [0.25, 0.3) is 0 Å². The van der Waals surface area contributed by atoms with Crippen LogP contribution >= 0.6 is 0 Å². The Morgan fingerprint density at radius 1 is 1.50 bits per heavy atom. The maximum absolute atomic E-state index is 10.3.